The van der Waals surface area contributed by atoms with Crippen molar-refractivity contribution in [3.63, 3.8) is 0 Å². The van der Waals surface area contributed by atoms with Gasteiger partial charge in [0.05, 0.1) is 6.42 Å². The number of benzene rings is 2. The van der Waals surface area contributed by atoms with Crippen molar-refractivity contribution in [3.05, 3.63) is 59.1 Å². The van der Waals surface area contributed by atoms with E-state index in [1.54, 1.807) is 0 Å². The van der Waals surface area contributed by atoms with Crippen LogP contribution < -0.4 is 15.4 Å². The molecule has 0 aliphatic rings. The summed E-state index contributed by atoms with van der Waals surface area (Å²) in [6, 6.07) is 12.6. The number of nitrogens with one attached hydrogen (secondary N) is 2. The van der Waals surface area contributed by atoms with Crippen LogP contribution in [0.3, 0.4) is 0 Å². The summed E-state index contributed by atoms with van der Waals surface area (Å²) < 4.78 is 40.2. The van der Waals surface area contributed by atoms with Crippen molar-refractivity contribution in [3.8, 4) is 5.75 Å². The average Bonchev–Trinajstić information content (AvgIpc) is 3.04. The highest BCUT2D eigenvalue weighted by atomic mass is 32.1. The number of alkyl halides is 3. The Hall–Kier alpha value is -3.14. The molecule has 0 spiro atoms. The second kappa shape index (κ2) is 8.26. The molecule has 1 amide bonds. The molecule has 28 heavy (non-hydrogen) atoms. The molecular weight excluding hydrogens is 393 g/mol. The standard InChI is InChI=1S/C18H15F3N4O2S/c1-11-2-4-13(5-3-11)23-17-25-24-16(28-17)10-15(26)22-12-6-8-14(9-7-12)27-18(19,20)21/h2-9H,10H2,1H3,(H,22,26)(H,23,25). The predicted molar refractivity (Wildman–Crippen MR) is 99.8 cm³/mol. The lowest BCUT2D eigenvalue weighted by atomic mass is 10.2. The van der Waals surface area contributed by atoms with Crippen LogP contribution in [-0.4, -0.2) is 22.5 Å². The van der Waals surface area contributed by atoms with Gasteiger partial charge >= 0.3 is 6.36 Å². The number of anilines is 3. The van der Waals surface area contributed by atoms with Gasteiger partial charge in [-0.15, -0.1) is 23.4 Å². The normalized spacial score (nSPS) is 11.1. The van der Waals surface area contributed by atoms with Crippen LogP contribution in [0, 0.1) is 6.92 Å². The zero-order valence-corrected chi connectivity index (χ0v) is 15.4. The van der Waals surface area contributed by atoms with Gasteiger partial charge in [0.2, 0.25) is 11.0 Å². The van der Waals surface area contributed by atoms with Crippen LogP contribution in [0.2, 0.25) is 0 Å². The van der Waals surface area contributed by atoms with Crippen LogP contribution in [0.1, 0.15) is 10.6 Å². The number of carbonyl (C=O) groups is 1. The largest absolute Gasteiger partial charge is 0.573 e. The van der Waals surface area contributed by atoms with E-state index in [1.807, 2.05) is 31.2 Å². The van der Waals surface area contributed by atoms with Crippen LogP contribution in [0.15, 0.2) is 48.5 Å². The Morgan fingerprint density at radius 3 is 2.32 bits per heavy atom. The minimum absolute atomic E-state index is 0.00591. The van der Waals surface area contributed by atoms with E-state index in [0.717, 1.165) is 23.4 Å². The molecule has 3 aromatic rings. The molecule has 2 N–H and O–H groups in total. The van der Waals surface area contributed by atoms with Gasteiger partial charge in [-0.25, -0.2) is 0 Å². The molecule has 0 atom stereocenters. The van der Waals surface area contributed by atoms with Crippen molar-refractivity contribution in [1.29, 1.82) is 0 Å². The van der Waals surface area contributed by atoms with Crippen LogP contribution >= 0.6 is 11.3 Å². The van der Waals surface area contributed by atoms with Gasteiger partial charge in [-0.05, 0) is 43.3 Å². The molecule has 10 heteroatoms. The molecule has 0 fully saturated rings. The Morgan fingerprint density at radius 1 is 1.04 bits per heavy atom. The average molecular weight is 408 g/mol. The molecule has 2 aromatic carbocycles. The Labute approximate surface area is 162 Å². The van der Waals surface area contributed by atoms with E-state index in [-0.39, 0.29) is 18.1 Å². The topological polar surface area (TPSA) is 76.1 Å². The third-order valence-corrected chi connectivity index (χ3v) is 4.29. The number of hydrogen-bond donors (Lipinski definition) is 2. The first-order valence-electron chi connectivity index (χ1n) is 8.08. The Bertz CT molecular complexity index is 941. The number of aryl methyl sites for hydroxylation is 1. The first-order chi connectivity index (χ1) is 13.3. The summed E-state index contributed by atoms with van der Waals surface area (Å²) in [7, 11) is 0. The molecule has 0 bridgehead atoms. The third kappa shape index (κ3) is 5.95. The minimum atomic E-state index is -4.76. The summed E-state index contributed by atoms with van der Waals surface area (Å²) in [6.45, 7) is 1.99. The second-order valence-electron chi connectivity index (χ2n) is 5.79. The van der Waals surface area contributed by atoms with Crippen molar-refractivity contribution in [2.24, 2.45) is 0 Å². The number of ether oxygens (including phenoxy) is 1. The maximum atomic E-state index is 12.1. The van der Waals surface area contributed by atoms with Gasteiger partial charge in [0.15, 0.2) is 0 Å². The second-order valence-corrected chi connectivity index (χ2v) is 6.85. The molecule has 0 saturated heterocycles. The molecule has 0 unspecified atom stereocenters. The van der Waals surface area contributed by atoms with E-state index in [2.05, 4.69) is 25.6 Å². The van der Waals surface area contributed by atoms with Gasteiger partial charge in [0.25, 0.3) is 0 Å². The van der Waals surface area contributed by atoms with Gasteiger partial charge in [-0.1, -0.05) is 29.0 Å². The molecule has 3 rings (SSSR count). The van der Waals surface area contributed by atoms with Gasteiger partial charge in [0.1, 0.15) is 10.8 Å². The molecule has 1 aromatic heterocycles. The minimum Gasteiger partial charge on any atom is -0.406 e. The molecular formula is C18H15F3N4O2S. The lowest BCUT2D eigenvalue weighted by Gasteiger charge is -2.09. The summed E-state index contributed by atoms with van der Waals surface area (Å²) in [6.07, 6.45) is -4.76. The molecule has 0 aliphatic carbocycles. The van der Waals surface area contributed by atoms with Crippen molar-refractivity contribution < 1.29 is 22.7 Å². The fraction of sp³-hybridized carbons (Fsp3) is 0.167. The van der Waals surface area contributed by atoms with Gasteiger partial charge in [0, 0.05) is 11.4 Å². The van der Waals surface area contributed by atoms with E-state index >= 15 is 0 Å². The zero-order chi connectivity index (χ0) is 20.1. The zero-order valence-electron chi connectivity index (χ0n) is 14.6. The van der Waals surface area contributed by atoms with E-state index < -0.39 is 6.36 Å². The third-order valence-electron chi connectivity index (χ3n) is 3.45. The molecule has 1 heterocycles. The van der Waals surface area contributed by atoms with Crippen molar-refractivity contribution in [2.45, 2.75) is 19.7 Å². The highest BCUT2D eigenvalue weighted by Crippen LogP contribution is 2.24. The highest BCUT2D eigenvalue weighted by molar-refractivity contribution is 7.15. The Morgan fingerprint density at radius 2 is 1.68 bits per heavy atom. The Kier molecular flexibility index (Phi) is 5.78. The van der Waals surface area contributed by atoms with Crippen LogP contribution in [0.25, 0.3) is 0 Å². The lowest BCUT2D eigenvalue weighted by Crippen LogP contribution is -2.17. The number of rotatable bonds is 6. The maximum Gasteiger partial charge on any atom is 0.573 e. The van der Waals surface area contributed by atoms with E-state index in [4.69, 9.17) is 0 Å². The number of carbonyl (C=O) groups excluding carboxylic acids is 1. The van der Waals surface area contributed by atoms with Crippen LogP contribution in [0.5, 0.6) is 5.75 Å². The molecule has 146 valence electrons. The Balaban J connectivity index is 1.53. The fourth-order valence-electron chi connectivity index (χ4n) is 2.22. The first-order valence-corrected chi connectivity index (χ1v) is 8.90. The smallest absolute Gasteiger partial charge is 0.406 e. The summed E-state index contributed by atoms with van der Waals surface area (Å²) in [4.78, 5) is 12.1. The lowest BCUT2D eigenvalue weighted by molar-refractivity contribution is -0.274. The van der Waals surface area contributed by atoms with E-state index in [0.29, 0.717) is 15.8 Å². The quantitative estimate of drug-likeness (QED) is 0.620. The first kappa shape index (κ1) is 19.6. The number of halogens is 3. The predicted octanol–water partition coefficient (Wildman–Crippen LogP) is 4.67. The van der Waals surface area contributed by atoms with Gasteiger partial charge < -0.3 is 15.4 Å². The van der Waals surface area contributed by atoms with Crippen molar-refractivity contribution in [2.75, 3.05) is 10.6 Å². The number of hydrogen-bond acceptors (Lipinski definition) is 6. The van der Waals surface area contributed by atoms with Crippen LogP contribution in [0.4, 0.5) is 29.7 Å². The number of aromatic nitrogens is 2. The van der Waals surface area contributed by atoms with Crippen molar-refractivity contribution >= 4 is 33.8 Å². The summed E-state index contributed by atoms with van der Waals surface area (Å²) >= 11 is 1.24. The maximum absolute atomic E-state index is 12.1. The summed E-state index contributed by atoms with van der Waals surface area (Å²) in [5, 5.41) is 14.7. The fourth-order valence-corrected chi connectivity index (χ4v) is 2.98. The summed E-state index contributed by atoms with van der Waals surface area (Å²) in [5.74, 6) is -0.719. The monoisotopic (exact) mass is 408 g/mol. The van der Waals surface area contributed by atoms with Crippen LogP contribution in [-0.2, 0) is 11.2 Å². The van der Waals surface area contributed by atoms with Crippen molar-refractivity contribution in [1.82, 2.24) is 10.2 Å². The van der Waals surface area contributed by atoms with E-state index in [1.165, 1.54) is 23.5 Å². The molecule has 0 radical (unpaired) electrons. The number of nitrogens with zero attached hydrogens (tertiary/aromatic N) is 2. The van der Waals surface area contributed by atoms with E-state index in [9.17, 15) is 18.0 Å². The number of amides is 1. The summed E-state index contributed by atoms with van der Waals surface area (Å²) in [5.41, 5.74) is 2.35. The molecule has 6 nitrogen and oxygen atoms in total. The van der Waals surface area contributed by atoms with Gasteiger partial charge in [-0.2, -0.15) is 0 Å². The van der Waals surface area contributed by atoms with Gasteiger partial charge in [-0.3, -0.25) is 4.79 Å². The molecule has 0 saturated carbocycles. The highest BCUT2D eigenvalue weighted by Gasteiger charge is 2.30. The SMILES string of the molecule is Cc1ccc(Nc2nnc(CC(=O)Nc3ccc(OC(F)(F)F)cc3)s2)cc1. The molecule has 0 aliphatic heterocycles.